The molecule has 0 spiro atoms. The van der Waals surface area contributed by atoms with Gasteiger partial charge in [-0.2, -0.15) is 0 Å². The Balaban J connectivity index is 1.81. The Bertz CT molecular complexity index is 546. The number of carbonyl (C=O) groups excluding carboxylic acids is 1. The van der Waals surface area contributed by atoms with E-state index in [1.807, 2.05) is 4.90 Å². The van der Waals surface area contributed by atoms with E-state index in [-0.39, 0.29) is 29.8 Å². The van der Waals surface area contributed by atoms with E-state index in [1.54, 1.807) is 19.1 Å². The maximum Gasteiger partial charge on any atom is 0.254 e. The number of aliphatic hydroxyl groups is 1. The monoisotopic (exact) mass is 291 g/mol. The highest BCUT2D eigenvalue weighted by Gasteiger charge is 2.40. The third-order valence-corrected chi connectivity index (χ3v) is 5.00. The second kappa shape index (κ2) is 5.76. The van der Waals surface area contributed by atoms with Crippen LogP contribution in [0.5, 0.6) is 0 Å². The zero-order chi connectivity index (χ0) is 15.0. The largest absolute Gasteiger partial charge is 0.393 e. The molecule has 1 saturated carbocycles. The molecule has 3 nitrogen and oxygen atoms in total. The minimum atomic E-state index is -0.336. The van der Waals surface area contributed by atoms with Crippen molar-refractivity contribution >= 4 is 5.91 Å². The minimum absolute atomic E-state index is 0.101. The van der Waals surface area contributed by atoms with Crippen LogP contribution in [0.4, 0.5) is 4.39 Å². The van der Waals surface area contributed by atoms with Crippen molar-refractivity contribution in [3.05, 3.63) is 35.1 Å². The summed E-state index contributed by atoms with van der Waals surface area (Å²) in [7, 11) is 0. The Hall–Kier alpha value is -1.42. The summed E-state index contributed by atoms with van der Waals surface area (Å²) in [6, 6.07) is 4.79. The van der Waals surface area contributed by atoms with Gasteiger partial charge in [-0.15, -0.1) is 0 Å². The molecule has 1 aromatic carbocycles. The van der Waals surface area contributed by atoms with Gasteiger partial charge in [0.1, 0.15) is 5.82 Å². The normalized spacial score (nSPS) is 29.1. The Morgan fingerprint density at radius 2 is 2.10 bits per heavy atom. The summed E-state index contributed by atoms with van der Waals surface area (Å²) < 4.78 is 13.7. The summed E-state index contributed by atoms with van der Waals surface area (Å²) in [5.41, 5.74) is 0.966. The first-order valence-electron chi connectivity index (χ1n) is 7.83. The second-order valence-electron chi connectivity index (χ2n) is 6.33. The van der Waals surface area contributed by atoms with E-state index in [9.17, 15) is 14.3 Å². The highest BCUT2D eigenvalue weighted by molar-refractivity contribution is 5.94. The van der Waals surface area contributed by atoms with Gasteiger partial charge in [0.15, 0.2) is 0 Å². The lowest BCUT2D eigenvalue weighted by atomic mass is 9.93. The van der Waals surface area contributed by atoms with Gasteiger partial charge in [0.05, 0.1) is 6.10 Å². The van der Waals surface area contributed by atoms with Crippen molar-refractivity contribution in [3.63, 3.8) is 0 Å². The molecule has 1 saturated heterocycles. The number of hydrogen-bond acceptors (Lipinski definition) is 2. The van der Waals surface area contributed by atoms with Crippen molar-refractivity contribution in [2.24, 2.45) is 5.92 Å². The van der Waals surface area contributed by atoms with Crippen molar-refractivity contribution < 1.29 is 14.3 Å². The van der Waals surface area contributed by atoms with Crippen molar-refractivity contribution in [2.45, 2.75) is 51.2 Å². The molecule has 1 amide bonds. The highest BCUT2D eigenvalue weighted by atomic mass is 19.1. The van der Waals surface area contributed by atoms with E-state index in [4.69, 9.17) is 0 Å². The van der Waals surface area contributed by atoms with Crippen LogP contribution in [0.1, 0.15) is 48.0 Å². The first-order valence-corrected chi connectivity index (χ1v) is 7.83. The number of hydrogen-bond donors (Lipinski definition) is 1. The van der Waals surface area contributed by atoms with Gasteiger partial charge in [0, 0.05) is 24.1 Å². The molecule has 1 heterocycles. The van der Waals surface area contributed by atoms with Crippen molar-refractivity contribution in [2.75, 3.05) is 6.54 Å². The van der Waals surface area contributed by atoms with Crippen LogP contribution in [0.15, 0.2) is 18.2 Å². The Morgan fingerprint density at radius 3 is 2.76 bits per heavy atom. The Morgan fingerprint density at radius 1 is 1.29 bits per heavy atom. The SMILES string of the molecule is Cc1ccc(C(=O)N2CCCC2C2CCCC2O)cc1F. The molecule has 1 N–H and O–H groups in total. The van der Waals surface area contributed by atoms with Crippen LogP contribution in [0, 0.1) is 18.7 Å². The summed E-state index contributed by atoms with van der Waals surface area (Å²) in [6.45, 7) is 2.40. The fourth-order valence-electron chi connectivity index (χ4n) is 3.80. The van der Waals surface area contributed by atoms with E-state index in [1.165, 1.54) is 6.07 Å². The van der Waals surface area contributed by atoms with Gasteiger partial charge in [-0.1, -0.05) is 12.5 Å². The number of amides is 1. The number of nitrogens with zero attached hydrogens (tertiary/aromatic N) is 1. The van der Waals surface area contributed by atoms with Crippen LogP contribution in [0.25, 0.3) is 0 Å². The standard InChI is InChI=1S/C17H22FNO2/c1-11-7-8-12(10-14(11)18)17(21)19-9-3-5-15(19)13-4-2-6-16(13)20/h7-8,10,13,15-16,20H,2-6,9H2,1H3. The average molecular weight is 291 g/mol. The summed E-state index contributed by atoms with van der Waals surface area (Å²) >= 11 is 0. The Kier molecular flexibility index (Phi) is 3.98. The smallest absolute Gasteiger partial charge is 0.254 e. The maximum absolute atomic E-state index is 13.7. The minimum Gasteiger partial charge on any atom is -0.393 e. The molecule has 4 heteroatoms. The third-order valence-electron chi connectivity index (χ3n) is 5.00. The quantitative estimate of drug-likeness (QED) is 0.910. The number of carbonyl (C=O) groups is 1. The lowest BCUT2D eigenvalue weighted by Gasteiger charge is -2.31. The topological polar surface area (TPSA) is 40.5 Å². The van der Waals surface area contributed by atoms with E-state index in [2.05, 4.69) is 0 Å². The molecule has 1 aromatic rings. The molecule has 0 radical (unpaired) electrons. The van der Waals surface area contributed by atoms with E-state index in [0.717, 1.165) is 32.1 Å². The fourth-order valence-corrected chi connectivity index (χ4v) is 3.80. The van der Waals surface area contributed by atoms with Gasteiger partial charge < -0.3 is 10.0 Å². The van der Waals surface area contributed by atoms with E-state index >= 15 is 0 Å². The molecule has 3 unspecified atom stereocenters. The fraction of sp³-hybridized carbons (Fsp3) is 0.588. The van der Waals surface area contributed by atoms with Gasteiger partial charge in [-0.05, 0) is 50.3 Å². The molecule has 2 fully saturated rings. The molecule has 21 heavy (non-hydrogen) atoms. The van der Waals surface area contributed by atoms with Crippen LogP contribution in [0.2, 0.25) is 0 Å². The highest BCUT2D eigenvalue weighted by Crippen LogP contribution is 2.36. The zero-order valence-corrected chi connectivity index (χ0v) is 12.4. The third kappa shape index (κ3) is 2.69. The van der Waals surface area contributed by atoms with E-state index in [0.29, 0.717) is 17.7 Å². The lowest BCUT2D eigenvalue weighted by Crippen LogP contribution is -2.42. The van der Waals surface area contributed by atoms with Crippen molar-refractivity contribution in [3.8, 4) is 0 Å². The predicted octanol–water partition coefficient (Wildman–Crippen LogP) is 2.90. The van der Waals surface area contributed by atoms with E-state index < -0.39 is 0 Å². The predicted molar refractivity (Wildman–Crippen MR) is 78.5 cm³/mol. The lowest BCUT2D eigenvalue weighted by molar-refractivity contribution is 0.0527. The van der Waals surface area contributed by atoms with Gasteiger partial charge in [-0.3, -0.25) is 4.79 Å². The number of halogens is 1. The Labute approximate surface area is 124 Å². The van der Waals surface area contributed by atoms with Crippen LogP contribution >= 0.6 is 0 Å². The van der Waals surface area contributed by atoms with Crippen LogP contribution < -0.4 is 0 Å². The molecular weight excluding hydrogens is 269 g/mol. The molecular formula is C17H22FNO2. The molecule has 3 rings (SSSR count). The van der Waals surface area contributed by atoms with Crippen LogP contribution in [-0.2, 0) is 0 Å². The summed E-state index contributed by atoms with van der Waals surface area (Å²) in [5.74, 6) is -0.250. The molecule has 114 valence electrons. The van der Waals surface area contributed by atoms with Gasteiger partial charge in [0.25, 0.3) is 5.91 Å². The number of aliphatic hydroxyl groups excluding tert-OH is 1. The van der Waals surface area contributed by atoms with Crippen LogP contribution in [0.3, 0.4) is 0 Å². The molecule has 1 aliphatic carbocycles. The van der Waals surface area contributed by atoms with Gasteiger partial charge in [-0.25, -0.2) is 4.39 Å². The zero-order valence-electron chi connectivity index (χ0n) is 12.4. The summed E-state index contributed by atoms with van der Waals surface area (Å²) in [5, 5.41) is 10.1. The first-order chi connectivity index (χ1) is 10.1. The maximum atomic E-state index is 13.7. The molecule has 2 aliphatic rings. The molecule has 1 aliphatic heterocycles. The van der Waals surface area contributed by atoms with Crippen molar-refractivity contribution in [1.29, 1.82) is 0 Å². The molecule has 0 bridgehead atoms. The molecule has 0 aromatic heterocycles. The number of likely N-dealkylation sites (tertiary alicyclic amines) is 1. The number of aryl methyl sites for hydroxylation is 1. The number of rotatable bonds is 2. The second-order valence-corrected chi connectivity index (χ2v) is 6.33. The van der Waals surface area contributed by atoms with Crippen molar-refractivity contribution in [1.82, 2.24) is 4.90 Å². The number of benzene rings is 1. The molecule has 3 atom stereocenters. The summed E-state index contributed by atoms with van der Waals surface area (Å²) in [4.78, 5) is 14.5. The van der Waals surface area contributed by atoms with Gasteiger partial charge in [0.2, 0.25) is 0 Å². The average Bonchev–Trinajstić information content (AvgIpc) is 3.09. The first kappa shape index (κ1) is 14.5. The van der Waals surface area contributed by atoms with Gasteiger partial charge >= 0.3 is 0 Å². The van der Waals surface area contributed by atoms with Crippen LogP contribution in [-0.4, -0.2) is 34.6 Å². The summed E-state index contributed by atoms with van der Waals surface area (Å²) in [6.07, 6.45) is 4.47.